The molecule has 0 aliphatic heterocycles. The Morgan fingerprint density at radius 3 is 2.94 bits per heavy atom. The average Bonchev–Trinajstić information content (AvgIpc) is 2.77. The molecule has 0 atom stereocenters. The maximum Gasteiger partial charge on any atom is 0.357 e. The molecule has 1 N–H and O–H groups in total. The second kappa shape index (κ2) is 8.08. The summed E-state index contributed by atoms with van der Waals surface area (Å²) in [6.07, 6.45) is 3.61. The molecule has 18 heavy (non-hydrogen) atoms. The Hall–Kier alpha value is -1.10. The average molecular weight is 270 g/mol. The summed E-state index contributed by atoms with van der Waals surface area (Å²) < 4.78 is 4.89. The van der Waals surface area contributed by atoms with Gasteiger partial charge in [-0.15, -0.1) is 11.3 Å². The zero-order valence-electron chi connectivity index (χ0n) is 11.4. The molecule has 1 aromatic heterocycles. The van der Waals surface area contributed by atoms with E-state index < -0.39 is 0 Å². The highest BCUT2D eigenvalue weighted by atomic mass is 32.1. The Kier molecular flexibility index (Phi) is 6.72. The number of nitrogens with zero attached hydrogens (tertiary/aromatic N) is 1. The molecule has 102 valence electrons. The molecule has 0 aliphatic rings. The lowest BCUT2D eigenvalue weighted by Gasteiger charge is -2.04. The predicted molar refractivity (Wildman–Crippen MR) is 75.2 cm³/mol. The maximum atomic E-state index is 11.4. The van der Waals surface area contributed by atoms with Crippen LogP contribution in [-0.2, 0) is 4.74 Å². The third-order valence-corrected chi connectivity index (χ3v) is 3.27. The molecule has 0 saturated carbocycles. The van der Waals surface area contributed by atoms with Crippen molar-refractivity contribution in [2.75, 3.05) is 18.5 Å². The molecule has 0 saturated heterocycles. The topological polar surface area (TPSA) is 51.2 Å². The largest absolute Gasteiger partial charge is 0.461 e. The van der Waals surface area contributed by atoms with E-state index in [4.69, 9.17) is 4.74 Å². The van der Waals surface area contributed by atoms with Crippen LogP contribution in [0.1, 0.15) is 50.5 Å². The summed E-state index contributed by atoms with van der Waals surface area (Å²) in [5.41, 5.74) is 0.395. The summed E-state index contributed by atoms with van der Waals surface area (Å²) in [6, 6.07) is 0. The van der Waals surface area contributed by atoms with Gasteiger partial charge in [0.1, 0.15) is 0 Å². The first-order valence-corrected chi connectivity index (χ1v) is 7.38. The fraction of sp³-hybridized carbons (Fsp3) is 0.692. The second-order valence-corrected chi connectivity index (χ2v) is 5.43. The number of esters is 1. The van der Waals surface area contributed by atoms with Gasteiger partial charge in [-0.25, -0.2) is 9.78 Å². The molecule has 1 aromatic rings. The summed E-state index contributed by atoms with van der Waals surface area (Å²) >= 11 is 1.45. The molecule has 0 aliphatic carbocycles. The van der Waals surface area contributed by atoms with Crippen LogP contribution in [0.4, 0.5) is 5.13 Å². The van der Waals surface area contributed by atoms with Gasteiger partial charge in [-0.05, 0) is 19.3 Å². The SMILES string of the molecule is CCOC(=O)c1csc(NCCCCC(C)C)n1. The molecule has 0 radical (unpaired) electrons. The first-order valence-electron chi connectivity index (χ1n) is 6.50. The van der Waals surface area contributed by atoms with Crippen LogP contribution in [0.2, 0.25) is 0 Å². The molecule has 1 rings (SSSR count). The third kappa shape index (κ3) is 5.49. The van der Waals surface area contributed by atoms with Gasteiger partial charge < -0.3 is 10.1 Å². The molecular weight excluding hydrogens is 248 g/mol. The van der Waals surface area contributed by atoms with Gasteiger partial charge in [0.2, 0.25) is 0 Å². The van der Waals surface area contributed by atoms with E-state index in [9.17, 15) is 4.79 Å². The molecule has 1 heterocycles. The Morgan fingerprint density at radius 2 is 2.28 bits per heavy atom. The molecule has 0 fully saturated rings. The van der Waals surface area contributed by atoms with Crippen molar-refractivity contribution in [1.82, 2.24) is 4.98 Å². The lowest BCUT2D eigenvalue weighted by Crippen LogP contribution is -2.06. The van der Waals surface area contributed by atoms with Gasteiger partial charge in [0.25, 0.3) is 0 Å². The summed E-state index contributed by atoms with van der Waals surface area (Å²) in [5.74, 6) is 0.418. The Morgan fingerprint density at radius 1 is 1.50 bits per heavy atom. The van der Waals surface area contributed by atoms with Crippen LogP contribution in [0.25, 0.3) is 0 Å². The lowest BCUT2D eigenvalue weighted by molar-refractivity contribution is 0.0520. The first-order chi connectivity index (χ1) is 8.63. The number of carbonyl (C=O) groups is 1. The van der Waals surface area contributed by atoms with Crippen molar-refractivity contribution < 1.29 is 9.53 Å². The quantitative estimate of drug-likeness (QED) is 0.579. The van der Waals surface area contributed by atoms with E-state index in [1.165, 1.54) is 24.2 Å². The molecule has 0 amide bonds. The van der Waals surface area contributed by atoms with Gasteiger partial charge in [-0.2, -0.15) is 0 Å². The van der Waals surface area contributed by atoms with E-state index in [2.05, 4.69) is 24.1 Å². The monoisotopic (exact) mass is 270 g/mol. The Balaban J connectivity index is 2.25. The number of hydrogen-bond donors (Lipinski definition) is 1. The summed E-state index contributed by atoms with van der Waals surface area (Å²) in [6.45, 7) is 7.55. The van der Waals surface area contributed by atoms with Crippen LogP contribution >= 0.6 is 11.3 Å². The smallest absolute Gasteiger partial charge is 0.357 e. The number of hydrogen-bond acceptors (Lipinski definition) is 5. The summed E-state index contributed by atoms with van der Waals surface area (Å²) in [5, 5.41) is 5.76. The van der Waals surface area contributed by atoms with Crippen LogP contribution < -0.4 is 5.32 Å². The Bertz CT molecular complexity index is 364. The fourth-order valence-corrected chi connectivity index (χ4v) is 2.24. The van der Waals surface area contributed by atoms with Gasteiger partial charge >= 0.3 is 5.97 Å². The van der Waals surface area contributed by atoms with Crippen LogP contribution in [0.15, 0.2) is 5.38 Å². The van der Waals surface area contributed by atoms with Gasteiger partial charge in [0.05, 0.1) is 6.61 Å². The van der Waals surface area contributed by atoms with Crippen molar-refractivity contribution in [2.24, 2.45) is 5.92 Å². The number of rotatable bonds is 8. The minimum absolute atomic E-state index is 0.346. The number of carbonyl (C=O) groups excluding carboxylic acids is 1. The van der Waals surface area contributed by atoms with Gasteiger partial charge in [-0.1, -0.05) is 26.7 Å². The van der Waals surface area contributed by atoms with Crippen molar-refractivity contribution in [3.8, 4) is 0 Å². The molecular formula is C13H22N2O2S. The van der Waals surface area contributed by atoms with Crippen molar-refractivity contribution in [3.05, 3.63) is 11.1 Å². The minimum Gasteiger partial charge on any atom is -0.461 e. The standard InChI is InChI=1S/C13H22N2O2S/c1-4-17-12(16)11-9-18-13(15-11)14-8-6-5-7-10(2)3/h9-10H,4-8H2,1-3H3,(H,14,15). The summed E-state index contributed by atoms with van der Waals surface area (Å²) in [4.78, 5) is 15.6. The number of unbranched alkanes of at least 4 members (excludes halogenated alkanes) is 1. The van der Waals surface area contributed by atoms with Crippen LogP contribution in [0, 0.1) is 5.92 Å². The molecule has 0 spiro atoms. The number of ether oxygens (including phenoxy) is 1. The van der Waals surface area contributed by atoms with Crippen molar-refractivity contribution in [3.63, 3.8) is 0 Å². The van der Waals surface area contributed by atoms with Crippen molar-refractivity contribution in [1.29, 1.82) is 0 Å². The minimum atomic E-state index is -0.346. The van der Waals surface area contributed by atoms with Crippen LogP contribution in [0.5, 0.6) is 0 Å². The molecule has 5 heteroatoms. The van der Waals surface area contributed by atoms with Gasteiger partial charge in [-0.3, -0.25) is 0 Å². The number of aromatic nitrogens is 1. The highest BCUT2D eigenvalue weighted by Gasteiger charge is 2.10. The van der Waals surface area contributed by atoms with Crippen LogP contribution in [0.3, 0.4) is 0 Å². The Labute approximate surface area is 113 Å². The predicted octanol–water partition coefficient (Wildman–Crippen LogP) is 3.56. The maximum absolute atomic E-state index is 11.4. The zero-order chi connectivity index (χ0) is 13.4. The van der Waals surface area contributed by atoms with Crippen LogP contribution in [-0.4, -0.2) is 24.1 Å². The summed E-state index contributed by atoms with van der Waals surface area (Å²) in [7, 11) is 0. The van der Waals surface area contributed by atoms with Crippen molar-refractivity contribution >= 4 is 22.4 Å². The first kappa shape index (κ1) is 15.0. The van der Waals surface area contributed by atoms with E-state index in [1.54, 1.807) is 12.3 Å². The van der Waals surface area contributed by atoms with E-state index in [0.717, 1.165) is 24.0 Å². The third-order valence-electron chi connectivity index (χ3n) is 2.47. The molecule has 4 nitrogen and oxygen atoms in total. The number of thiazole rings is 1. The highest BCUT2D eigenvalue weighted by molar-refractivity contribution is 7.13. The normalized spacial score (nSPS) is 10.7. The van der Waals surface area contributed by atoms with Crippen molar-refractivity contribution in [2.45, 2.75) is 40.0 Å². The highest BCUT2D eigenvalue weighted by Crippen LogP contribution is 2.16. The molecule has 0 bridgehead atoms. The van der Waals surface area contributed by atoms with E-state index in [-0.39, 0.29) is 5.97 Å². The second-order valence-electron chi connectivity index (χ2n) is 4.57. The van der Waals surface area contributed by atoms with Gasteiger partial charge in [0.15, 0.2) is 10.8 Å². The van der Waals surface area contributed by atoms with E-state index in [0.29, 0.717) is 12.3 Å². The number of nitrogens with one attached hydrogen (secondary N) is 1. The molecule has 0 aromatic carbocycles. The number of anilines is 1. The van der Waals surface area contributed by atoms with E-state index in [1.807, 2.05) is 0 Å². The zero-order valence-corrected chi connectivity index (χ0v) is 12.2. The fourth-order valence-electron chi connectivity index (χ4n) is 1.53. The molecule has 0 unspecified atom stereocenters. The lowest BCUT2D eigenvalue weighted by atomic mass is 10.1. The van der Waals surface area contributed by atoms with E-state index >= 15 is 0 Å². The van der Waals surface area contributed by atoms with Gasteiger partial charge in [0, 0.05) is 11.9 Å².